The first-order valence-electron chi connectivity index (χ1n) is 5.23. The number of amides is 1. The normalized spacial score (nSPS) is 30.1. The van der Waals surface area contributed by atoms with Crippen LogP contribution in [0.25, 0.3) is 0 Å². The van der Waals surface area contributed by atoms with Crippen LogP contribution in [0.4, 0.5) is 0 Å². The number of nitrogens with zero attached hydrogens (tertiary/aromatic N) is 1. The third-order valence-corrected chi connectivity index (χ3v) is 3.23. The molecule has 2 saturated heterocycles. The number of rotatable bonds is 2. The maximum atomic E-state index is 11.6. The lowest BCUT2D eigenvalue weighted by Crippen LogP contribution is -2.31. The Morgan fingerprint density at radius 2 is 2.07 bits per heavy atom. The molecule has 0 saturated carbocycles. The van der Waals surface area contributed by atoms with Crippen LogP contribution in [0.1, 0.15) is 12.8 Å². The van der Waals surface area contributed by atoms with E-state index in [4.69, 9.17) is 6.42 Å². The van der Waals surface area contributed by atoms with Gasteiger partial charge in [0.15, 0.2) is 0 Å². The number of terminal acetylenes is 1. The minimum absolute atomic E-state index is 0.234. The van der Waals surface area contributed by atoms with Gasteiger partial charge in [-0.15, -0.1) is 12.3 Å². The molecule has 14 heavy (non-hydrogen) atoms. The summed E-state index contributed by atoms with van der Waals surface area (Å²) in [7, 11) is 0. The molecule has 2 aliphatic heterocycles. The number of hydrogen-bond acceptors (Lipinski definition) is 2. The van der Waals surface area contributed by atoms with E-state index in [1.807, 2.05) is 4.90 Å². The Morgan fingerprint density at radius 1 is 1.43 bits per heavy atom. The average molecular weight is 192 g/mol. The van der Waals surface area contributed by atoms with Gasteiger partial charge < -0.3 is 10.2 Å². The van der Waals surface area contributed by atoms with E-state index in [2.05, 4.69) is 11.2 Å². The zero-order chi connectivity index (χ0) is 9.97. The Bertz CT molecular complexity index is 257. The first-order valence-corrected chi connectivity index (χ1v) is 5.23. The topological polar surface area (TPSA) is 32.3 Å². The smallest absolute Gasteiger partial charge is 0.223 e. The Balaban J connectivity index is 1.84. The number of likely N-dealkylation sites (tertiary alicyclic amines) is 1. The monoisotopic (exact) mass is 192 g/mol. The van der Waals surface area contributed by atoms with Gasteiger partial charge in [0, 0.05) is 39.0 Å². The van der Waals surface area contributed by atoms with E-state index in [0.717, 1.165) is 26.2 Å². The fourth-order valence-corrected chi connectivity index (χ4v) is 2.40. The molecule has 3 nitrogen and oxygen atoms in total. The van der Waals surface area contributed by atoms with E-state index in [-0.39, 0.29) is 5.91 Å². The minimum Gasteiger partial charge on any atom is -0.342 e. The molecule has 2 heterocycles. The van der Waals surface area contributed by atoms with E-state index < -0.39 is 0 Å². The molecule has 1 N–H and O–H groups in total. The van der Waals surface area contributed by atoms with Crippen LogP contribution in [0.15, 0.2) is 0 Å². The average Bonchev–Trinajstić information content (AvgIpc) is 2.72. The number of nitrogens with one attached hydrogen (secondary N) is 1. The van der Waals surface area contributed by atoms with Crippen LogP contribution < -0.4 is 5.32 Å². The van der Waals surface area contributed by atoms with Gasteiger partial charge in [0.1, 0.15) is 0 Å². The lowest BCUT2D eigenvalue weighted by molar-refractivity contribution is -0.130. The van der Waals surface area contributed by atoms with Crippen molar-refractivity contribution in [3.05, 3.63) is 0 Å². The number of hydrogen-bond donors (Lipinski definition) is 1. The van der Waals surface area contributed by atoms with Crippen molar-refractivity contribution in [1.82, 2.24) is 10.2 Å². The predicted octanol–water partition coefficient (Wildman–Crippen LogP) is 0.0776. The Labute approximate surface area is 84.8 Å². The molecule has 3 heteroatoms. The van der Waals surface area contributed by atoms with Gasteiger partial charge in [-0.3, -0.25) is 4.79 Å². The molecule has 2 rings (SSSR count). The lowest BCUT2D eigenvalue weighted by atomic mass is 10.0. The molecule has 1 amide bonds. The molecule has 76 valence electrons. The van der Waals surface area contributed by atoms with Crippen molar-refractivity contribution in [3.8, 4) is 12.3 Å². The van der Waals surface area contributed by atoms with Crippen LogP contribution >= 0.6 is 0 Å². The van der Waals surface area contributed by atoms with Crippen molar-refractivity contribution < 1.29 is 4.79 Å². The third kappa shape index (κ3) is 1.76. The van der Waals surface area contributed by atoms with Crippen LogP contribution in [-0.4, -0.2) is 37.0 Å². The highest BCUT2D eigenvalue weighted by atomic mass is 16.2. The van der Waals surface area contributed by atoms with Gasteiger partial charge in [0.25, 0.3) is 0 Å². The first kappa shape index (κ1) is 9.54. The molecule has 0 bridgehead atoms. The first-order chi connectivity index (χ1) is 6.81. The SMILES string of the molecule is C#CCCC(=O)N1CC2CNCC2C1. The van der Waals surface area contributed by atoms with Gasteiger partial charge in [0.2, 0.25) is 5.91 Å². The van der Waals surface area contributed by atoms with E-state index in [1.165, 1.54) is 0 Å². The number of fused-ring (bicyclic) bond motifs is 1. The van der Waals surface area contributed by atoms with Gasteiger partial charge in [-0.1, -0.05) is 0 Å². The number of carbonyl (C=O) groups is 1. The molecule has 0 aromatic heterocycles. The molecule has 0 radical (unpaired) electrons. The number of carbonyl (C=O) groups excluding carboxylic acids is 1. The fourth-order valence-electron chi connectivity index (χ4n) is 2.40. The molecule has 2 atom stereocenters. The minimum atomic E-state index is 0.234. The van der Waals surface area contributed by atoms with Gasteiger partial charge in [-0.05, 0) is 11.8 Å². The van der Waals surface area contributed by atoms with Crippen LogP contribution in [0.3, 0.4) is 0 Å². The zero-order valence-corrected chi connectivity index (χ0v) is 8.33. The van der Waals surface area contributed by atoms with Crippen molar-refractivity contribution in [3.63, 3.8) is 0 Å². The maximum absolute atomic E-state index is 11.6. The second kappa shape index (κ2) is 4.02. The fraction of sp³-hybridized carbons (Fsp3) is 0.727. The molecule has 0 aromatic rings. The summed E-state index contributed by atoms with van der Waals surface area (Å²) in [4.78, 5) is 13.6. The Hall–Kier alpha value is -1.01. The third-order valence-electron chi connectivity index (χ3n) is 3.23. The van der Waals surface area contributed by atoms with Gasteiger partial charge in [-0.25, -0.2) is 0 Å². The predicted molar refractivity (Wildman–Crippen MR) is 54.5 cm³/mol. The molecule has 2 aliphatic rings. The van der Waals surface area contributed by atoms with Crippen LogP contribution in [0, 0.1) is 24.2 Å². The van der Waals surface area contributed by atoms with Crippen molar-refractivity contribution in [2.45, 2.75) is 12.8 Å². The highest BCUT2D eigenvalue weighted by Crippen LogP contribution is 2.26. The summed E-state index contributed by atoms with van der Waals surface area (Å²) in [6, 6.07) is 0. The summed E-state index contributed by atoms with van der Waals surface area (Å²) in [5, 5.41) is 3.36. The summed E-state index contributed by atoms with van der Waals surface area (Å²) in [6.45, 7) is 4.01. The van der Waals surface area contributed by atoms with Gasteiger partial charge >= 0.3 is 0 Å². The molecule has 0 aliphatic carbocycles. The highest BCUT2D eigenvalue weighted by molar-refractivity contribution is 5.76. The van der Waals surface area contributed by atoms with Crippen molar-refractivity contribution in [2.75, 3.05) is 26.2 Å². The molecule has 2 fully saturated rings. The van der Waals surface area contributed by atoms with E-state index in [0.29, 0.717) is 24.7 Å². The molecular weight excluding hydrogens is 176 g/mol. The van der Waals surface area contributed by atoms with Crippen molar-refractivity contribution >= 4 is 5.91 Å². The summed E-state index contributed by atoms with van der Waals surface area (Å²) in [5.74, 6) is 4.12. The zero-order valence-electron chi connectivity index (χ0n) is 8.33. The summed E-state index contributed by atoms with van der Waals surface area (Å²) >= 11 is 0. The van der Waals surface area contributed by atoms with E-state index >= 15 is 0 Å². The van der Waals surface area contributed by atoms with Crippen molar-refractivity contribution in [2.24, 2.45) is 11.8 Å². The second-order valence-corrected chi connectivity index (χ2v) is 4.18. The molecule has 0 aromatic carbocycles. The van der Waals surface area contributed by atoms with Crippen molar-refractivity contribution in [1.29, 1.82) is 0 Å². The van der Waals surface area contributed by atoms with Gasteiger partial charge in [0.05, 0.1) is 0 Å². The maximum Gasteiger partial charge on any atom is 0.223 e. The quantitative estimate of drug-likeness (QED) is 0.628. The van der Waals surface area contributed by atoms with Crippen LogP contribution in [0.2, 0.25) is 0 Å². The summed E-state index contributed by atoms with van der Waals surface area (Å²) in [6.07, 6.45) is 6.23. The Morgan fingerprint density at radius 3 is 2.64 bits per heavy atom. The molecule has 2 unspecified atom stereocenters. The van der Waals surface area contributed by atoms with E-state index in [1.54, 1.807) is 0 Å². The standard InChI is InChI=1S/C11H16N2O/c1-2-3-4-11(14)13-7-9-5-12-6-10(9)8-13/h1,9-10,12H,3-8H2. The van der Waals surface area contributed by atoms with Crippen LogP contribution in [-0.2, 0) is 4.79 Å². The van der Waals surface area contributed by atoms with Gasteiger partial charge in [-0.2, -0.15) is 0 Å². The highest BCUT2D eigenvalue weighted by Gasteiger charge is 2.37. The summed E-state index contributed by atoms with van der Waals surface area (Å²) < 4.78 is 0. The van der Waals surface area contributed by atoms with Crippen LogP contribution in [0.5, 0.6) is 0 Å². The second-order valence-electron chi connectivity index (χ2n) is 4.18. The summed E-state index contributed by atoms with van der Waals surface area (Å²) in [5.41, 5.74) is 0. The molecule has 0 spiro atoms. The Kier molecular flexibility index (Phi) is 2.74. The van der Waals surface area contributed by atoms with E-state index in [9.17, 15) is 4.79 Å². The lowest BCUT2D eigenvalue weighted by Gasteiger charge is -2.16. The largest absolute Gasteiger partial charge is 0.342 e. The molecular formula is C11H16N2O.